The van der Waals surface area contributed by atoms with Gasteiger partial charge >= 0.3 is 0 Å². The molecule has 1 unspecified atom stereocenters. The van der Waals surface area contributed by atoms with Crippen molar-refractivity contribution in [1.29, 1.82) is 0 Å². The van der Waals surface area contributed by atoms with Crippen molar-refractivity contribution in [2.75, 3.05) is 79.2 Å². The van der Waals surface area contributed by atoms with Gasteiger partial charge in [0.15, 0.2) is 0 Å². The van der Waals surface area contributed by atoms with E-state index < -0.39 is 0 Å². The highest BCUT2D eigenvalue weighted by Gasteiger charge is 2.11. The fourth-order valence-electron chi connectivity index (χ4n) is 7.00. The molecule has 0 aliphatic heterocycles. The number of amides is 1. The van der Waals surface area contributed by atoms with Crippen LogP contribution >= 0.6 is 0 Å². The Morgan fingerprint density at radius 1 is 0.508 bits per heavy atom. The monoisotopic (exact) mass is 862 g/mol. The first-order valence-electron chi connectivity index (χ1n) is 25.3. The summed E-state index contributed by atoms with van der Waals surface area (Å²) in [6, 6.07) is 0. The van der Waals surface area contributed by atoms with Gasteiger partial charge < -0.3 is 38.7 Å². The quantitative estimate of drug-likeness (QED) is 0.0492. The second-order valence-electron chi connectivity index (χ2n) is 16.6. The largest absolute Gasteiger partial charge is 0.379 e. The number of carbonyl (C=O) groups is 1. The molecule has 2 N–H and O–H groups in total. The van der Waals surface area contributed by atoms with Gasteiger partial charge in [-0.05, 0) is 64.2 Å². The highest BCUT2D eigenvalue weighted by Crippen LogP contribution is 2.12. The maximum Gasteiger partial charge on any atom is 0.269 e. The number of aromatic amines is 1. The molecule has 1 aromatic heterocycles. The Hall–Kier alpha value is -2.08. The van der Waals surface area contributed by atoms with Crippen LogP contribution in [0.5, 0.6) is 0 Å². The molecule has 0 fully saturated rings. The number of imidazole rings is 1. The SMILES string of the molecule is CCCCCCCC/C=C/CCCCCCCCOCC(COCCOCCOCCOCCNC(=O)c1cnc[nH]1)OCCCCCCCC/C=C/CCCCCCCC. The van der Waals surface area contributed by atoms with Crippen molar-refractivity contribution in [3.63, 3.8) is 0 Å². The zero-order valence-corrected chi connectivity index (χ0v) is 39.6. The molecule has 10 heteroatoms. The average molecular weight is 862 g/mol. The summed E-state index contributed by atoms with van der Waals surface area (Å²) in [5.74, 6) is -0.196. The summed E-state index contributed by atoms with van der Waals surface area (Å²) in [6.07, 6.45) is 49.1. The molecule has 356 valence electrons. The Labute approximate surface area is 374 Å². The maximum atomic E-state index is 11.8. The zero-order valence-electron chi connectivity index (χ0n) is 39.6. The van der Waals surface area contributed by atoms with Crippen LogP contribution in [-0.4, -0.2) is 101 Å². The highest BCUT2D eigenvalue weighted by molar-refractivity contribution is 5.91. The fourth-order valence-corrected chi connectivity index (χ4v) is 7.00. The molecule has 61 heavy (non-hydrogen) atoms. The van der Waals surface area contributed by atoms with Gasteiger partial charge in [-0.2, -0.15) is 0 Å². The van der Waals surface area contributed by atoms with E-state index in [1.54, 1.807) is 0 Å². The Morgan fingerprint density at radius 2 is 0.902 bits per heavy atom. The zero-order chi connectivity index (χ0) is 43.6. The minimum Gasteiger partial charge on any atom is -0.379 e. The molecule has 1 amide bonds. The molecule has 0 aliphatic carbocycles. The van der Waals surface area contributed by atoms with Gasteiger partial charge in [0.2, 0.25) is 0 Å². The molecule has 0 spiro atoms. The Morgan fingerprint density at radius 3 is 1.36 bits per heavy atom. The van der Waals surface area contributed by atoms with E-state index in [1.807, 2.05) is 0 Å². The van der Waals surface area contributed by atoms with Crippen molar-refractivity contribution in [1.82, 2.24) is 15.3 Å². The summed E-state index contributed by atoms with van der Waals surface area (Å²) in [7, 11) is 0. The molecule has 0 radical (unpaired) electrons. The second kappa shape index (κ2) is 48.9. The number of rotatable bonds is 50. The number of ether oxygens (including phenoxy) is 6. The molecule has 0 saturated carbocycles. The van der Waals surface area contributed by atoms with Crippen molar-refractivity contribution in [3.8, 4) is 0 Å². The standard InChI is InChI=1S/C51H95N3O7/c1-3-5-7-9-11-13-15-17-19-21-23-25-27-29-31-33-36-59-46-49(61-37-34-32-30-28-26-24-22-20-18-16-14-12-10-8-6-4-2)47-60-44-43-58-42-41-57-40-39-56-38-35-53-51(55)50-45-52-48-54-50/h17-20,45,48-49H,3-16,21-44,46-47H2,1-2H3,(H,52,54)(H,53,55)/b19-17+,20-18+. The minimum absolute atomic E-state index is 0.0561. The van der Waals surface area contributed by atoms with Crippen LogP contribution in [0.25, 0.3) is 0 Å². The van der Waals surface area contributed by atoms with Gasteiger partial charge in [0.1, 0.15) is 11.8 Å². The molecule has 1 rings (SSSR count). The molecular weight excluding hydrogens is 767 g/mol. The summed E-state index contributed by atoms with van der Waals surface area (Å²) >= 11 is 0. The lowest BCUT2D eigenvalue weighted by Crippen LogP contribution is -2.28. The number of H-pyrrole nitrogens is 1. The molecule has 1 atom stereocenters. The van der Waals surface area contributed by atoms with Crippen LogP contribution in [0.1, 0.15) is 204 Å². The van der Waals surface area contributed by atoms with E-state index in [1.165, 1.54) is 179 Å². The summed E-state index contributed by atoms with van der Waals surface area (Å²) < 4.78 is 35.1. The van der Waals surface area contributed by atoms with Gasteiger partial charge in [-0.15, -0.1) is 0 Å². The molecule has 0 bridgehead atoms. The Balaban J connectivity index is 2.10. The normalized spacial score (nSPS) is 12.4. The summed E-state index contributed by atoms with van der Waals surface area (Å²) in [6.45, 7) is 11.0. The Bertz CT molecular complexity index is 1050. The van der Waals surface area contributed by atoms with Crippen LogP contribution in [0.3, 0.4) is 0 Å². The fraction of sp³-hybridized carbons (Fsp3) is 0.843. The van der Waals surface area contributed by atoms with E-state index in [2.05, 4.69) is 53.4 Å². The number of nitrogens with one attached hydrogen (secondary N) is 2. The van der Waals surface area contributed by atoms with Gasteiger partial charge in [0, 0.05) is 19.8 Å². The minimum atomic E-state index is -0.196. The number of hydrogen-bond donors (Lipinski definition) is 2. The van der Waals surface area contributed by atoms with Crippen molar-refractivity contribution in [3.05, 3.63) is 42.5 Å². The summed E-state index contributed by atoms with van der Waals surface area (Å²) in [5.41, 5.74) is 0.435. The van der Waals surface area contributed by atoms with Gasteiger partial charge in [0.25, 0.3) is 5.91 Å². The first kappa shape index (κ1) is 56.9. The number of nitrogens with zero attached hydrogens (tertiary/aromatic N) is 1. The average Bonchev–Trinajstić information content (AvgIpc) is 3.82. The second-order valence-corrected chi connectivity index (χ2v) is 16.6. The lowest BCUT2D eigenvalue weighted by Gasteiger charge is -2.18. The van der Waals surface area contributed by atoms with E-state index >= 15 is 0 Å². The van der Waals surface area contributed by atoms with Crippen LogP contribution in [0.15, 0.2) is 36.8 Å². The molecule has 10 nitrogen and oxygen atoms in total. The number of carbonyl (C=O) groups excluding carboxylic acids is 1. The van der Waals surface area contributed by atoms with E-state index in [0.29, 0.717) is 71.7 Å². The third-order valence-electron chi connectivity index (χ3n) is 10.8. The van der Waals surface area contributed by atoms with Crippen molar-refractivity contribution < 1.29 is 33.2 Å². The number of allylic oxidation sites excluding steroid dienone is 4. The van der Waals surface area contributed by atoms with E-state index in [9.17, 15) is 4.79 Å². The van der Waals surface area contributed by atoms with Crippen LogP contribution in [0, 0.1) is 0 Å². The Kier molecular flexibility index (Phi) is 45.7. The summed E-state index contributed by atoms with van der Waals surface area (Å²) in [5, 5.41) is 2.77. The first-order chi connectivity index (χ1) is 30.3. The smallest absolute Gasteiger partial charge is 0.269 e. The topological polar surface area (TPSA) is 113 Å². The predicted octanol–water partition coefficient (Wildman–Crippen LogP) is 12.7. The van der Waals surface area contributed by atoms with Gasteiger partial charge in [-0.25, -0.2) is 4.98 Å². The van der Waals surface area contributed by atoms with E-state index in [-0.39, 0.29) is 12.0 Å². The van der Waals surface area contributed by atoms with Crippen LogP contribution < -0.4 is 5.32 Å². The van der Waals surface area contributed by atoms with E-state index in [4.69, 9.17) is 28.4 Å². The predicted molar refractivity (Wildman–Crippen MR) is 254 cm³/mol. The third kappa shape index (κ3) is 43.0. The van der Waals surface area contributed by atoms with Crippen LogP contribution in [0.2, 0.25) is 0 Å². The highest BCUT2D eigenvalue weighted by atomic mass is 16.6. The van der Waals surface area contributed by atoms with Crippen molar-refractivity contribution >= 4 is 5.91 Å². The number of unbranched alkanes of at least 4 members (excludes halogenated alkanes) is 24. The van der Waals surface area contributed by atoms with Crippen LogP contribution in [0.4, 0.5) is 0 Å². The third-order valence-corrected chi connectivity index (χ3v) is 10.8. The molecule has 1 aromatic rings. The maximum absolute atomic E-state index is 11.8. The number of aromatic nitrogens is 2. The molecular formula is C51H95N3O7. The van der Waals surface area contributed by atoms with Crippen LogP contribution in [-0.2, 0) is 28.4 Å². The first-order valence-corrected chi connectivity index (χ1v) is 25.3. The van der Waals surface area contributed by atoms with Gasteiger partial charge in [0.05, 0.1) is 72.0 Å². The lowest BCUT2D eigenvalue weighted by atomic mass is 10.1. The number of hydrogen-bond acceptors (Lipinski definition) is 8. The van der Waals surface area contributed by atoms with Crippen molar-refractivity contribution in [2.45, 2.75) is 200 Å². The molecule has 1 heterocycles. The van der Waals surface area contributed by atoms with Gasteiger partial charge in [-0.3, -0.25) is 4.79 Å². The van der Waals surface area contributed by atoms with Gasteiger partial charge in [-0.1, -0.05) is 154 Å². The lowest BCUT2D eigenvalue weighted by molar-refractivity contribution is -0.0700. The molecule has 0 aromatic carbocycles. The molecule has 0 aliphatic rings. The van der Waals surface area contributed by atoms with Crippen molar-refractivity contribution in [2.24, 2.45) is 0 Å². The molecule has 0 saturated heterocycles. The summed E-state index contributed by atoms with van der Waals surface area (Å²) in [4.78, 5) is 18.5. The van der Waals surface area contributed by atoms with E-state index in [0.717, 1.165) is 26.1 Å².